The van der Waals surface area contributed by atoms with Gasteiger partial charge in [-0.2, -0.15) is 0 Å². The number of ketones is 1. The maximum absolute atomic E-state index is 12.5. The zero-order chi connectivity index (χ0) is 21.7. The Hall–Kier alpha value is -2.47. The summed E-state index contributed by atoms with van der Waals surface area (Å²) in [4.78, 5) is 33.5. The number of carbonyl (C=O) groups excluding carboxylic acids is 2. The fraction of sp³-hybridized carbons (Fsp3) is 0.542. The molecule has 0 aromatic heterocycles. The first kappa shape index (κ1) is 22.2. The number of benzene rings is 1. The van der Waals surface area contributed by atoms with Crippen molar-refractivity contribution in [1.82, 2.24) is 9.80 Å². The number of carbonyl (C=O) groups is 2. The van der Waals surface area contributed by atoms with Crippen LogP contribution in [0, 0.1) is 5.41 Å². The Morgan fingerprint density at radius 2 is 1.80 bits per heavy atom. The lowest BCUT2D eigenvalue weighted by Crippen LogP contribution is -2.51. The quantitative estimate of drug-likeness (QED) is 0.755. The van der Waals surface area contributed by atoms with Crippen molar-refractivity contribution in [2.45, 2.75) is 39.5 Å². The zero-order valence-corrected chi connectivity index (χ0v) is 18.3. The molecule has 0 saturated carbocycles. The number of amides is 1. The van der Waals surface area contributed by atoms with Crippen LogP contribution in [-0.4, -0.2) is 72.1 Å². The number of aliphatic hydroxyl groups excluding tert-OH is 1. The van der Waals surface area contributed by atoms with E-state index in [1.54, 1.807) is 0 Å². The topological polar surface area (TPSA) is 73.2 Å². The molecular formula is C24H33N3O3. The van der Waals surface area contributed by atoms with Gasteiger partial charge in [-0.3, -0.25) is 19.5 Å². The molecule has 1 N–H and O–H groups in total. The van der Waals surface area contributed by atoms with E-state index in [9.17, 15) is 14.7 Å². The van der Waals surface area contributed by atoms with Gasteiger partial charge in [0.2, 0.25) is 5.91 Å². The number of aliphatic hydroxyl groups is 1. The molecule has 0 bridgehead atoms. The van der Waals surface area contributed by atoms with Crippen LogP contribution < -0.4 is 0 Å². The molecule has 6 nitrogen and oxygen atoms in total. The largest absolute Gasteiger partial charge is 0.511 e. The van der Waals surface area contributed by atoms with Gasteiger partial charge >= 0.3 is 0 Å². The Morgan fingerprint density at radius 3 is 2.40 bits per heavy atom. The van der Waals surface area contributed by atoms with Crippen LogP contribution in [0.15, 0.2) is 46.7 Å². The van der Waals surface area contributed by atoms with E-state index in [-0.39, 0.29) is 28.8 Å². The molecule has 6 heteroatoms. The third-order valence-electron chi connectivity index (χ3n) is 5.82. The highest BCUT2D eigenvalue weighted by Gasteiger charge is 2.30. The van der Waals surface area contributed by atoms with E-state index < -0.39 is 0 Å². The minimum atomic E-state index is -0.339. The van der Waals surface area contributed by atoms with Gasteiger partial charge in [0.15, 0.2) is 5.78 Å². The van der Waals surface area contributed by atoms with E-state index in [4.69, 9.17) is 0 Å². The average Bonchev–Trinajstić information content (AvgIpc) is 2.72. The average molecular weight is 412 g/mol. The number of rotatable bonds is 5. The van der Waals surface area contributed by atoms with Crippen LogP contribution in [-0.2, 0) is 9.59 Å². The van der Waals surface area contributed by atoms with E-state index in [1.807, 2.05) is 56.0 Å². The highest BCUT2D eigenvalue weighted by molar-refractivity contribution is 6.14. The lowest BCUT2D eigenvalue weighted by molar-refractivity contribution is -0.141. The molecule has 162 valence electrons. The van der Waals surface area contributed by atoms with Crippen molar-refractivity contribution < 1.29 is 14.7 Å². The molecule has 2 aliphatic rings. The van der Waals surface area contributed by atoms with Gasteiger partial charge in [0, 0.05) is 57.2 Å². The summed E-state index contributed by atoms with van der Waals surface area (Å²) in [7, 11) is 0. The second-order valence-electron chi connectivity index (χ2n) is 9.22. The molecule has 3 rings (SSSR count). The molecule has 1 fully saturated rings. The third-order valence-corrected chi connectivity index (χ3v) is 5.82. The van der Waals surface area contributed by atoms with Crippen molar-refractivity contribution in [3.8, 4) is 0 Å². The molecule has 30 heavy (non-hydrogen) atoms. The standard InChI is InChI=1S/C24H33N3O3/c1-24(2,3)23(30)27-13-11-26(12-14-27)10-9-25-17-20-21(28)15-19(16-22(20)29)18-7-5-4-6-8-18/h4-8,17,19,28H,9-16H2,1-3H3. The fourth-order valence-corrected chi connectivity index (χ4v) is 4.02. The number of Topliss-reactive ketones (excluding diaryl/α,β-unsaturated/α-hetero) is 1. The number of allylic oxidation sites excluding steroid dienone is 2. The van der Waals surface area contributed by atoms with E-state index in [2.05, 4.69) is 9.89 Å². The molecule has 1 aromatic carbocycles. The van der Waals surface area contributed by atoms with Crippen LogP contribution in [0.25, 0.3) is 0 Å². The minimum Gasteiger partial charge on any atom is -0.511 e. The molecule has 1 atom stereocenters. The molecule has 1 aliphatic heterocycles. The van der Waals surface area contributed by atoms with Gasteiger partial charge in [-0.1, -0.05) is 51.1 Å². The van der Waals surface area contributed by atoms with Crippen LogP contribution >= 0.6 is 0 Å². The number of hydrogen-bond acceptors (Lipinski definition) is 5. The van der Waals surface area contributed by atoms with Crippen LogP contribution in [0.1, 0.15) is 45.1 Å². The van der Waals surface area contributed by atoms with E-state index >= 15 is 0 Å². The van der Waals surface area contributed by atoms with Crippen molar-refractivity contribution in [1.29, 1.82) is 0 Å². The molecule has 1 saturated heterocycles. The van der Waals surface area contributed by atoms with E-state index in [0.717, 1.165) is 38.3 Å². The first-order chi connectivity index (χ1) is 14.3. The monoisotopic (exact) mass is 411 g/mol. The molecule has 1 amide bonds. The van der Waals surface area contributed by atoms with Crippen molar-refractivity contribution in [3.05, 3.63) is 47.2 Å². The summed E-state index contributed by atoms with van der Waals surface area (Å²) in [6.07, 6.45) is 2.42. The SMILES string of the molecule is CC(C)(C)C(=O)N1CCN(CCN=CC2=C(O)CC(c3ccccc3)CC2=O)CC1. The summed E-state index contributed by atoms with van der Waals surface area (Å²) in [5.41, 5.74) is 1.09. The molecule has 1 heterocycles. The Bertz CT molecular complexity index is 816. The van der Waals surface area contributed by atoms with Crippen molar-refractivity contribution in [2.24, 2.45) is 10.4 Å². The normalized spacial score (nSPS) is 21.5. The van der Waals surface area contributed by atoms with Gasteiger partial charge in [-0.25, -0.2) is 0 Å². The second kappa shape index (κ2) is 9.56. The van der Waals surface area contributed by atoms with Gasteiger partial charge in [0.25, 0.3) is 0 Å². The maximum Gasteiger partial charge on any atom is 0.228 e. The molecule has 1 aromatic rings. The van der Waals surface area contributed by atoms with E-state index in [0.29, 0.717) is 25.0 Å². The van der Waals surface area contributed by atoms with Gasteiger partial charge in [-0.15, -0.1) is 0 Å². The summed E-state index contributed by atoms with van der Waals surface area (Å²) in [6.45, 7) is 10.4. The fourth-order valence-electron chi connectivity index (χ4n) is 4.02. The molecular weight excluding hydrogens is 378 g/mol. The summed E-state index contributed by atoms with van der Waals surface area (Å²) >= 11 is 0. The van der Waals surface area contributed by atoms with Gasteiger partial charge in [0.05, 0.1) is 12.1 Å². The number of aliphatic imine (C=N–C) groups is 1. The number of nitrogens with zero attached hydrogens (tertiary/aromatic N) is 3. The third kappa shape index (κ3) is 5.57. The Morgan fingerprint density at radius 1 is 1.13 bits per heavy atom. The van der Waals surface area contributed by atoms with Crippen LogP contribution in [0.2, 0.25) is 0 Å². The zero-order valence-electron chi connectivity index (χ0n) is 18.3. The lowest BCUT2D eigenvalue weighted by Gasteiger charge is -2.37. The molecule has 1 unspecified atom stereocenters. The summed E-state index contributed by atoms with van der Waals surface area (Å²) in [5.74, 6) is 0.318. The Labute approximate surface area is 179 Å². The summed E-state index contributed by atoms with van der Waals surface area (Å²) in [6, 6.07) is 9.86. The Balaban J connectivity index is 1.47. The molecule has 1 aliphatic carbocycles. The highest BCUT2D eigenvalue weighted by atomic mass is 16.3. The highest BCUT2D eigenvalue weighted by Crippen LogP contribution is 2.32. The summed E-state index contributed by atoms with van der Waals surface area (Å²) < 4.78 is 0. The predicted molar refractivity (Wildman–Crippen MR) is 119 cm³/mol. The van der Waals surface area contributed by atoms with Gasteiger partial charge in [-0.05, 0) is 11.5 Å². The number of piperazine rings is 1. The van der Waals surface area contributed by atoms with Crippen molar-refractivity contribution in [3.63, 3.8) is 0 Å². The first-order valence-corrected chi connectivity index (χ1v) is 10.8. The predicted octanol–water partition coefficient (Wildman–Crippen LogP) is 3.21. The van der Waals surface area contributed by atoms with Gasteiger partial charge < -0.3 is 10.0 Å². The number of hydrogen-bond donors (Lipinski definition) is 1. The van der Waals surface area contributed by atoms with Crippen molar-refractivity contribution in [2.75, 3.05) is 39.3 Å². The maximum atomic E-state index is 12.5. The first-order valence-electron chi connectivity index (χ1n) is 10.8. The van der Waals surface area contributed by atoms with Crippen molar-refractivity contribution >= 4 is 17.9 Å². The van der Waals surface area contributed by atoms with Gasteiger partial charge in [0.1, 0.15) is 5.76 Å². The van der Waals surface area contributed by atoms with Crippen LogP contribution in [0.5, 0.6) is 0 Å². The molecule has 0 radical (unpaired) electrons. The second-order valence-corrected chi connectivity index (χ2v) is 9.22. The van der Waals surface area contributed by atoms with Crippen LogP contribution in [0.4, 0.5) is 0 Å². The minimum absolute atomic E-state index is 0.0305. The van der Waals surface area contributed by atoms with E-state index in [1.165, 1.54) is 6.21 Å². The summed E-state index contributed by atoms with van der Waals surface area (Å²) in [5, 5.41) is 10.4. The Kier molecular flexibility index (Phi) is 7.08. The molecule has 0 spiro atoms. The van der Waals surface area contributed by atoms with Crippen LogP contribution in [0.3, 0.4) is 0 Å². The smallest absolute Gasteiger partial charge is 0.228 e. The lowest BCUT2D eigenvalue weighted by atomic mass is 9.83.